The molecule has 4 aromatic carbocycles. The Morgan fingerprint density at radius 2 is 1.50 bits per heavy atom. The molecule has 0 spiro atoms. The molecule has 1 aliphatic rings. The monoisotopic (exact) mass is 504 g/mol. The first-order chi connectivity index (χ1) is 18.6. The highest BCUT2D eigenvalue weighted by atomic mass is 16.5. The van der Waals surface area contributed by atoms with E-state index in [1.54, 1.807) is 44.7 Å². The van der Waals surface area contributed by atoms with E-state index in [-0.39, 0.29) is 11.9 Å². The van der Waals surface area contributed by atoms with E-state index in [1.807, 2.05) is 54.6 Å². The molecule has 190 valence electrons. The van der Waals surface area contributed by atoms with Crippen LogP contribution in [0.4, 0.5) is 5.69 Å². The van der Waals surface area contributed by atoms with E-state index in [4.69, 9.17) is 14.6 Å². The molecule has 0 saturated carbocycles. The molecule has 1 heterocycles. The number of amides is 1. The third-order valence-electron chi connectivity index (χ3n) is 6.41. The minimum atomic E-state index is -0.289. The number of hydrazone groups is 2. The number of carbonyl (C=O) groups is 1. The van der Waals surface area contributed by atoms with Crippen molar-refractivity contribution >= 4 is 23.5 Å². The van der Waals surface area contributed by atoms with Gasteiger partial charge in [0.25, 0.3) is 5.91 Å². The first kappa shape index (κ1) is 24.8. The van der Waals surface area contributed by atoms with Gasteiger partial charge in [0.2, 0.25) is 0 Å². The lowest BCUT2D eigenvalue weighted by Crippen LogP contribution is -2.18. The highest BCUT2D eigenvalue weighted by molar-refractivity contribution is 6.03. The highest BCUT2D eigenvalue weighted by Crippen LogP contribution is 2.37. The van der Waals surface area contributed by atoms with Crippen LogP contribution >= 0.6 is 0 Å². The number of methoxy groups -OCH3 is 2. The smallest absolute Gasteiger partial charge is 0.271 e. The quantitative estimate of drug-likeness (QED) is 0.242. The van der Waals surface area contributed by atoms with Gasteiger partial charge in [-0.05, 0) is 65.2 Å². The van der Waals surface area contributed by atoms with Gasteiger partial charge in [0.05, 0.1) is 37.9 Å². The fourth-order valence-corrected chi connectivity index (χ4v) is 4.32. The third kappa shape index (κ3) is 5.57. The minimum absolute atomic E-state index is 0.0550. The van der Waals surface area contributed by atoms with E-state index in [0.29, 0.717) is 11.3 Å². The number of rotatable bonds is 8. The van der Waals surface area contributed by atoms with E-state index in [0.717, 1.165) is 40.3 Å². The van der Waals surface area contributed by atoms with Gasteiger partial charge in [-0.25, -0.2) is 5.43 Å². The van der Waals surface area contributed by atoms with E-state index in [2.05, 4.69) is 39.8 Å². The zero-order chi connectivity index (χ0) is 26.3. The van der Waals surface area contributed by atoms with Crippen LogP contribution in [0.25, 0.3) is 0 Å². The Kier molecular flexibility index (Phi) is 7.45. The lowest BCUT2D eigenvalue weighted by molar-refractivity contribution is 0.0955. The summed E-state index contributed by atoms with van der Waals surface area (Å²) in [6.45, 7) is 0. The van der Waals surface area contributed by atoms with Gasteiger partial charge in [0.1, 0.15) is 11.5 Å². The van der Waals surface area contributed by atoms with Crippen molar-refractivity contribution in [2.75, 3.05) is 19.2 Å². The minimum Gasteiger partial charge on any atom is -0.497 e. The third-order valence-corrected chi connectivity index (χ3v) is 6.41. The first-order valence-corrected chi connectivity index (χ1v) is 12.3. The zero-order valence-electron chi connectivity index (χ0n) is 21.2. The summed E-state index contributed by atoms with van der Waals surface area (Å²) >= 11 is 0. The van der Waals surface area contributed by atoms with Crippen LogP contribution in [0.1, 0.15) is 39.5 Å². The van der Waals surface area contributed by atoms with Crippen LogP contribution in [-0.2, 0) is 0 Å². The molecule has 1 amide bonds. The molecule has 1 unspecified atom stereocenters. The fourth-order valence-electron chi connectivity index (χ4n) is 4.32. The Bertz CT molecular complexity index is 1430. The van der Waals surface area contributed by atoms with Crippen molar-refractivity contribution in [2.45, 2.75) is 12.5 Å². The molecule has 0 radical (unpaired) electrons. The lowest BCUT2D eigenvalue weighted by Gasteiger charge is -2.24. The molecule has 0 fully saturated rings. The molecule has 1 atom stereocenters. The van der Waals surface area contributed by atoms with Crippen molar-refractivity contribution < 1.29 is 14.3 Å². The molecule has 38 heavy (non-hydrogen) atoms. The standard InChI is InChI=1S/C31H28N4O3/c1-37-27-16-10-24(11-17-27)30-20-29(23-6-4-3-5-7-23)34-35(30)26-14-8-22(9-15-26)21-32-33-31(36)25-12-18-28(38-2)19-13-25/h3-19,21,30H,20H2,1-2H3,(H,33,36). The molecule has 0 aromatic heterocycles. The van der Waals surface area contributed by atoms with Crippen molar-refractivity contribution in [1.29, 1.82) is 0 Å². The SMILES string of the molecule is COc1ccc(C(=O)NN=Cc2ccc(N3N=C(c4ccccc4)CC3c3ccc(OC)cc3)cc2)cc1. The molecule has 1 aliphatic heterocycles. The fraction of sp³-hybridized carbons (Fsp3) is 0.129. The molecule has 0 bridgehead atoms. The van der Waals surface area contributed by atoms with Crippen molar-refractivity contribution in [3.8, 4) is 11.5 Å². The van der Waals surface area contributed by atoms with Gasteiger partial charge in [0.15, 0.2) is 0 Å². The Hall–Kier alpha value is -4.91. The van der Waals surface area contributed by atoms with Gasteiger partial charge in [0, 0.05) is 12.0 Å². The van der Waals surface area contributed by atoms with Crippen LogP contribution < -0.4 is 19.9 Å². The molecular formula is C31H28N4O3. The highest BCUT2D eigenvalue weighted by Gasteiger charge is 2.29. The molecule has 5 rings (SSSR count). The number of hydrogen-bond acceptors (Lipinski definition) is 6. The predicted octanol–water partition coefficient (Wildman–Crippen LogP) is 5.82. The second kappa shape index (κ2) is 11.4. The van der Waals surface area contributed by atoms with Gasteiger partial charge >= 0.3 is 0 Å². The Balaban J connectivity index is 1.32. The lowest BCUT2D eigenvalue weighted by atomic mass is 9.98. The first-order valence-electron chi connectivity index (χ1n) is 12.3. The van der Waals surface area contributed by atoms with Crippen LogP contribution in [-0.4, -0.2) is 32.1 Å². The maximum absolute atomic E-state index is 12.3. The van der Waals surface area contributed by atoms with E-state index >= 15 is 0 Å². The van der Waals surface area contributed by atoms with E-state index in [1.165, 1.54) is 0 Å². The van der Waals surface area contributed by atoms with Crippen LogP contribution in [0.3, 0.4) is 0 Å². The van der Waals surface area contributed by atoms with E-state index < -0.39 is 0 Å². The predicted molar refractivity (Wildman–Crippen MR) is 150 cm³/mol. The average Bonchev–Trinajstić information content (AvgIpc) is 3.43. The summed E-state index contributed by atoms with van der Waals surface area (Å²) in [6, 6.07) is 33.3. The zero-order valence-corrected chi connectivity index (χ0v) is 21.2. The number of carbonyl (C=O) groups excluding carboxylic acids is 1. The summed E-state index contributed by atoms with van der Waals surface area (Å²) in [5.41, 5.74) is 8.21. The van der Waals surface area contributed by atoms with Gasteiger partial charge < -0.3 is 9.47 Å². The number of ether oxygens (including phenoxy) is 2. The van der Waals surface area contributed by atoms with Crippen molar-refractivity contribution in [1.82, 2.24) is 5.43 Å². The summed E-state index contributed by atoms with van der Waals surface area (Å²) < 4.78 is 10.5. The second-order valence-corrected chi connectivity index (χ2v) is 8.77. The number of benzene rings is 4. The van der Waals surface area contributed by atoms with Crippen LogP contribution in [0.15, 0.2) is 113 Å². The average molecular weight is 505 g/mol. The van der Waals surface area contributed by atoms with Crippen LogP contribution in [0.2, 0.25) is 0 Å². The number of nitrogens with one attached hydrogen (secondary N) is 1. The molecule has 1 N–H and O–H groups in total. The normalized spacial score (nSPS) is 14.8. The van der Waals surface area contributed by atoms with Gasteiger partial charge in [-0.3, -0.25) is 9.80 Å². The van der Waals surface area contributed by atoms with Crippen molar-refractivity contribution in [3.05, 3.63) is 125 Å². The van der Waals surface area contributed by atoms with Gasteiger partial charge in [-0.1, -0.05) is 54.6 Å². The van der Waals surface area contributed by atoms with Gasteiger partial charge in [-0.2, -0.15) is 10.2 Å². The molecule has 7 heteroatoms. The molecule has 0 aliphatic carbocycles. The summed E-state index contributed by atoms with van der Waals surface area (Å²) in [7, 11) is 3.25. The molecular weight excluding hydrogens is 476 g/mol. The second-order valence-electron chi connectivity index (χ2n) is 8.77. The summed E-state index contributed by atoms with van der Waals surface area (Å²) in [5, 5.41) is 11.2. The Morgan fingerprint density at radius 1 is 0.868 bits per heavy atom. The summed E-state index contributed by atoms with van der Waals surface area (Å²) in [5.74, 6) is 1.23. The van der Waals surface area contributed by atoms with Crippen LogP contribution in [0, 0.1) is 0 Å². The number of hydrogen-bond donors (Lipinski definition) is 1. The summed E-state index contributed by atoms with van der Waals surface area (Å²) in [4.78, 5) is 12.3. The maximum Gasteiger partial charge on any atom is 0.271 e. The topological polar surface area (TPSA) is 75.5 Å². The Morgan fingerprint density at radius 3 is 2.13 bits per heavy atom. The van der Waals surface area contributed by atoms with E-state index in [9.17, 15) is 4.79 Å². The molecule has 7 nitrogen and oxygen atoms in total. The maximum atomic E-state index is 12.3. The molecule has 0 saturated heterocycles. The number of nitrogens with zero attached hydrogens (tertiary/aromatic N) is 3. The summed E-state index contributed by atoms with van der Waals surface area (Å²) in [6.07, 6.45) is 2.41. The van der Waals surface area contributed by atoms with Gasteiger partial charge in [-0.15, -0.1) is 0 Å². The van der Waals surface area contributed by atoms with Crippen molar-refractivity contribution in [3.63, 3.8) is 0 Å². The largest absolute Gasteiger partial charge is 0.497 e. The molecule has 4 aromatic rings. The van der Waals surface area contributed by atoms with Crippen LogP contribution in [0.5, 0.6) is 11.5 Å². The van der Waals surface area contributed by atoms with Crippen molar-refractivity contribution in [2.24, 2.45) is 10.2 Å². The number of anilines is 1. The Labute approximate surface area is 222 Å².